The topological polar surface area (TPSA) is 54.4 Å². The molecule has 1 saturated heterocycles. The van der Waals surface area contributed by atoms with Crippen molar-refractivity contribution in [2.45, 2.75) is 0 Å². The van der Waals surface area contributed by atoms with E-state index in [-0.39, 0.29) is 23.3 Å². The van der Waals surface area contributed by atoms with E-state index in [0.717, 1.165) is 11.8 Å². The zero-order valence-corrected chi connectivity index (χ0v) is 5.48. The van der Waals surface area contributed by atoms with E-state index < -0.39 is 5.92 Å². The molecule has 1 rings (SSSR count). The third-order valence-electron chi connectivity index (χ3n) is 1.21. The summed E-state index contributed by atoms with van der Waals surface area (Å²) in [5.41, 5.74) is 0. The van der Waals surface area contributed by atoms with Gasteiger partial charge in [-0.15, -0.1) is 0 Å². The van der Waals surface area contributed by atoms with Crippen molar-refractivity contribution in [1.29, 1.82) is 0 Å². The zero-order valence-electron chi connectivity index (χ0n) is 4.66. The normalized spacial score (nSPS) is 27.4. The quantitative estimate of drug-likeness (QED) is 0.504. The molecule has 50 valence electrons. The molecule has 0 aromatic carbocycles. The third kappa shape index (κ3) is 1.14. The van der Waals surface area contributed by atoms with E-state index in [4.69, 9.17) is 5.11 Å². The van der Waals surface area contributed by atoms with E-state index in [1.807, 2.05) is 0 Å². The van der Waals surface area contributed by atoms with E-state index in [1.54, 1.807) is 0 Å². The van der Waals surface area contributed by atoms with Crippen LogP contribution in [0.3, 0.4) is 0 Å². The van der Waals surface area contributed by atoms with Crippen LogP contribution in [0.4, 0.5) is 0 Å². The highest BCUT2D eigenvalue weighted by Gasteiger charge is 2.32. The lowest BCUT2D eigenvalue weighted by atomic mass is 10.1. The van der Waals surface area contributed by atoms with E-state index in [1.165, 1.54) is 0 Å². The molecule has 0 bridgehead atoms. The Morgan fingerprint density at radius 3 is 2.56 bits per heavy atom. The van der Waals surface area contributed by atoms with Crippen LogP contribution in [0.25, 0.3) is 0 Å². The van der Waals surface area contributed by atoms with Crippen LogP contribution in [0.15, 0.2) is 0 Å². The Bertz CT molecular complexity index is 138. The van der Waals surface area contributed by atoms with E-state index in [2.05, 4.69) is 0 Å². The molecule has 1 aliphatic rings. The van der Waals surface area contributed by atoms with Crippen LogP contribution in [0.2, 0.25) is 0 Å². The number of aliphatic hydroxyl groups excluding tert-OH is 1. The number of ketones is 1. The van der Waals surface area contributed by atoms with Gasteiger partial charge in [0.15, 0.2) is 5.78 Å². The first-order valence-electron chi connectivity index (χ1n) is 2.56. The van der Waals surface area contributed by atoms with Crippen LogP contribution >= 0.6 is 11.8 Å². The summed E-state index contributed by atoms with van der Waals surface area (Å²) in [6.45, 7) is -0.329. The molecule has 4 heteroatoms. The summed E-state index contributed by atoms with van der Waals surface area (Å²) in [5.74, 6) is -0.633. The number of aliphatic hydroxyl groups is 1. The molecule has 0 aliphatic carbocycles. The van der Waals surface area contributed by atoms with Crippen molar-refractivity contribution >= 4 is 22.7 Å². The van der Waals surface area contributed by atoms with Crippen molar-refractivity contribution < 1.29 is 14.7 Å². The maximum atomic E-state index is 10.6. The molecule has 1 aliphatic heterocycles. The second kappa shape index (κ2) is 2.49. The largest absolute Gasteiger partial charge is 0.395 e. The average Bonchev–Trinajstić information content (AvgIpc) is 2.12. The second-order valence-electron chi connectivity index (χ2n) is 1.81. The molecule has 1 atom stereocenters. The molecule has 0 amide bonds. The first-order valence-corrected chi connectivity index (χ1v) is 3.54. The molecule has 0 spiro atoms. The Morgan fingerprint density at radius 1 is 1.67 bits per heavy atom. The number of hydrogen-bond donors (Lipinski definition) is 1. The van der Waals surface area contributed by atoms with E-state index in [0.29, 0.717) is 0 Å². The predicted octanol–water partition coefficient (Wildman–Crippen LogP) is -0.563. The Kier molecular flexibility index (Phi) is 1.87. The molecule has 1 unspecified atom stereocenters. The van der Waals surface area contributed by atoms with Crippen molar-refractivity contribution in [2.75, 3.05) is 12.4 Å². The van der Waals surface area contributed by atoms with Crippen LogP contribution < -0.4 is 0 Å². The van der Waals surface area contributed by atoms with Gasteiger partial charge in [-0.25, -0.2) is 0 Å². The molecule has 1 heterocycles. The highest BCUT2D eigenvalue weighted by molar-refractivity contribution is 8.15. The minimum Gasteiger partial charge on any atom is -0.395 e. The number of carbonyl (C=O) groups is 2. The standard InChI is InChI=1S/C5H6O3S/c6-1-3-4(7)2-9-5(3)8/h3,6H,1-2H2. The summed E-state index contributed by atoms with van der Waals surface area (Å²) in [7, 11) is 0. The third-order valence-corrected chi connectivity index (χ3v) is 2.21. The Morgan fingerprint density at radius 2 is 2.33 bits per heavy atom. The van der Waals surface area contributed by atoms with Crippen LogP contribution in [-0.4, -0.2) is 28.4 Å². The Labute approximate surface area is 56.4 Å². The van der Waals surface area contributed by atoms with E-state index >= 15 is 0 Å². The summed E-state index contributed by atoms with van der Waals surface area (Å²) in [6.07, 6.45) is 0. The summed E-state index contributed by atoms with van der Waals surface area (Å²) in [4.78, 5) is 21.2. The number of hydrogen-bond acceptors (Lipinski definition) is 4. The van der Waals surface area contributed by atoms with Gasteiger partial charge in [0.2, 0.25) is 5.12 Å². The lowest BCUT2D eigenvalue weighted by Gasteiger charge is -1.95. The summed E-state index contributed by atoms with van der Waals surface area (Å²) in [6, 6.07) is 0. The van der Waals surface area contributed by atoms with Crippen molar-refractivity contribution in [3.05, 3.63) is 0 Å². The van der Waals surface area contributed by atoms with Crippen molar-refractivity contribution in [2.24, 2.45) is 5.92 Å². The molecule has 0 aromatic heterocycles. The van der Waals surface area contributed by atoms with Crippen molar-refractivity contribution in [1.82, 2.24) is 0 Å². The molecule has 1 N–H and O–H groups in total. The minimum atomic E-state index is -0.727. The Hall–Kier alpha value is -0.350. The first kappa shape index (κ1) is 6.77. The van der Waals surface area contributed by atoms with Gasteiger partial charge in [0.05, 0.1) is 12.4 Å². The number of carbonyl (C=O) groups excluding carboxylic acids is 2. The molecule has 9 heavy (non-hydrogen) atoms. The lowest BCUT2D eigenvalue weighted by molar-refractivity contribution is -0.126. The van der Waals surface area contributed by atoms with E-state index in [9.17, 15) is 9.59 Å². The molecular weight excluding hydrogens is 140 g/mol. The zero-order chi connectivity index (χ0) is 6.85. The molecule has 1 fully saturated rings. The maximum absolute atomic E-state index is 10.6. The second-order valence-corrected chi connectivity index (χ2v) is 2.79. The highest BCUT2D eigenvalue weighted by Crippen LogP contribution is 2.21. The molecule has 0 radical (unpaired) electrons. The molecule has 0 saturated carbocycles. The fraction of sp³-hybridized carbons (Fsp3) is 0.600. The minimum absolute atomic E-state index is 0.146. The Balaban J connectivity index is 2.66. The molecule has 0 aromatic rings. The predicted molar refractivity (Wildman–Crippen MR) is 33.0 cm³/mol. The van der Waals surface area contributed by atoms with Crippen molar-refractivity contribution in [3.8, 4) is 0 Å². The maximum Gasteiger partial charge on any atom is 0.202 e. The fourth-order valence-electron chi connectivity index (χ4n) is 0.651. The van der Waals surface area contributed by atoms with Crippen LogP contribution in [0, 0.1) is 5.92 Å². The monoisotopic (exact) mass is 146 g/mol. The van der Waals surface area contributed by atoms with Gasteiger partial charge >= 0.3 is 0 Å². The van der Waals surface area contributed by atoms with Crippen LogP contribution in [0.5, 0.6) is 0 Å². The summed E-state index contributed by atoms with van der Waals surface area (Å²) >= 11 is 0.990. The van der Waals surface area contributed by atoms with Gasteiger partial charge in [-0.05, 0) is 0 Å². The number of thioether (sulfide) groups is 1. The van der Waals surface area contributed by atoms with Gasteiger partial charge in [-0.2, -0.15) is 0 Å². The SMILES string of the molecule is O=C1CSC(=O)C1CO. The molecule has 3 nitrogen and oxygen atoms in total. The van der Waals surface area contributed by atoms with Gasteiger partial charge in [-0.3, -0.25) is 9.59 Å². The highest BCUT2D eigenvalue weighted by atomic mass is 32.2. The summed E-state index contributed by atoms with van der Waals surface area (Å²) < 4.78 is 0. The molecular formula is C5H6O3S. The smallest absolute Gasteiger partial charge is 0.202 e. The van der Waals surface area contributed by atoms with Crippen molar-refractivity contribution in [3.63, 3.8) is 0 Å². The van der Waals surface area contributed by atoms with Gasteiger partial charge in [-0.1, -0.05) is 11.8 Å². The van der Waals surface area contributed by atoms with Gasteiger partial charge < -0.3 is 5.11 Å². The number of Topliss-reactive ketones (excluding diaryl/α,β-unsaturated/α-hetero) is 1. The first-order chi connectivity index (χ1) is 4.25. The summed E-state index contributed by atoms with van der Waals surface area (Å²) in [5, 5.41) is 8.26. The lowest BCUT2D eigenvalue weighted by Crippen LogP contribution is -2.18. The van der Waals surface area contributed by atoms with Gasteiger partial charge in [0.25, 0.3) is 0 Å². The fourth-order valence-corrected chi connectivity index (χ4v) is 1.54. The van der Waals surface area contributed by atoms with Gasteiger partial charge in [0.1, 0.15) is 5.92 Å². The van der Waals surface area contributed by atoms with Gasteiger partial charge in [0, 0.05) is 0 Å². The average molecular weight is 146 g/mol. The van der Waals surface area contributed by atoms with Crippen LogP contribution in [0.1, 0.15) is 0 Å². The number of rotatable bonds is 1. The van der Waals surface area contributed by atoms with Crippen LogP contribution in [-0.2, 0) is 9.59 Å².